The Kier molecular flexibility index (Phi) is 6.08. The molecule has 1 fully saturated rings. The van der Waals surface area contributed by atoms with Crippen LogP contribution in [0, 0.1) is 5.82 Å². The number of para-hydroxylation sites is 1. The molecular weight excluding hydrogens is 367 g/mol. The maximum Gasteiger partial charge on any atom is 0.350 e. The molecule has 4 rings (SSSR count). The van der Waals surface area contributed by atoms with Crippen molar-refractivity contribution >= 4 is 12.4 Å². The molecule has 1 aliphatic rings. The van der Waals surface area contributed by atoms with Gasteiger partial charge in [0.05, 0.1) is 12.2 Å². The molecule has 0 spiro atoms. The van der Waals surface area contributed by atoms with Crippen LogP contribution in [-0.4, -0.2) is 27.4 Å². The maximum atomic E-state index is 13.1. The number of hydrogen-bond donors (Lipinski definition) is 1. The molecule has 142 valence electrons. The molecule has 1 saturated heterocycles. The van der Waals surface area contributed by atoms with E-state index in [9.17, 15) is 9.18 Å². The van der Waals surface area contributed by atoms with Gasteiger partial charge in [0.1, 0.15) is 11.6 Å². The Labute approximate surface area is 163 Å². The molecular formula is C20H22ClFN4O. The zero-order valence-electron chi connectivity index (χ0n) is 14.8. The van der Waals surface area contributed by atoms with Crippen LogP contribution in [0.3, 0.4) is 0 Å². The zero-order chi connectivity index (χ0) is 17.9. The summed E-state index contributed by atoms with van der Waals surface area (Å²) in [7, 11) is 0. The van der Waals surface area contributed by atoms with E-state index in [0.29, 0.717) is 6.54 Å². The molecule has 2 heterocycles. The highest BCUT2D eigenvalue weighted by atomic mass is 35.5. The van der Waals surface area contributed by atoms with Crippen LogP contribution in [0.2, 0.25) is 0 Å². The Morgan fingerprint density at radius 2 is 1.85 bits per heavy atom. The SMILES string of the molecule is Cl.O=c1n(Cc2ccc(F)cc2)nc(C2CCCNC2)n1-c1ccccc1. The summed E-state index contributed by atoms with van der Waals surface area (Å²) >= 11 is 0. The first-order chi connectivity index (χ1) is 12.7. The molecule has 0 radical (unpaired) electrons. The fourth-order valence-electron chi connectivity index (χ4n) is 3.45. The van der Waals surface area contributed by atoms with E-state index in [-0.39, 0.29) is 29.8 Å². The number of nitrogens with one attached hydrogen (secondary N) is 1. The standard InChI is InChI=1S/C20H21FN4O.ClH/c21-17-10-8-15(9-11-17)14-24-20(26)25(18-6-2-1-3-7-18)19(23-24)16-5-4-12-22-13-16;/h1-3,6-11,16,22H,4-5,12-14H2;1H. The maximum absolute atomic E-state index is 13.1. The van der Waals surface area contributed by atoms with Crippen LogP contribution < -0.4 is 11.0 Å². The molecule has 7 heteroatoms. The van der Waals surface area contributed by atoms with Crippen molar-refractivity contribution < 1.29 is 4.39 Å². The van der Waals surface area contributed by atoms with Crippen LogP contribution in [0.4, 0.5) is 4.39 Å². The smallest absolute Gasteiger partial charge is 0.316 e. The lowest BCUT2D eigenvalue weighted by Crippen LogP contribution is -2.31. The predicted molar refractivity (Wildman–Crippen MR) is 105 cm³/mol. The monoisotopic (exact) mass is 388 g/mol. The van der Waals surface area contributed by atoms with Crippen LogP contribution in [0.5, 0.6) is 0 Å². The van der Waals surface area contributed by atoms with Gasteiger partial charge in [0.25, 0.3) is 0 Å². The fourth-order valence-corrected chi connectivity index (χ4v) is 3.45. The quantitative estimate of drug-likeness (QED) is 0.747. The average Bonchev–Trinajstić information content (AvgIpc) is 3.01. The number of rotatable bonds is 4. The Bertz CT molecular complexity index is 931. The van der Waals surface area contributed by atoms with Gasteiger partial charge in [-0.15, -0.1) is 12.4 Å². The highest BCUT2D eigenvalue weighted by Gasteiger charge is 2.24. The molecule has 0 aliphatic carbocycles. The second-order valence-electron chi connectivity index (χ2n) is 6.64. The van der Waals surface area contributed by atoms with Crippen molar-refractivity contribution in [3.8, 4) is 5.69 Å². The highest BCUT2D eigenvalue weighted by Crippen LogP contribution is 2.23. The van der Waals surface area contributed by atoms with E-state index in [1.54, 1.807) is 16.7 Å². The van der Waals surface area contributed by atoms with Gasteiger partial charge in [-0.05, 0) is 49.2 Å². The molecule has 1 unspecified atom stereocenters. The van der Waals surface area contributed by atoms with Gasteiger partial charge in [0.2, 0.25) is 0 Å². The van der Waals surface area contributed by atoms with Gasteiger partial charge in [-0.2, -0.15) is 5.10 Å². The number of piperidine rings is 1. The van der Waals surface area contributed by atoms with Gasteiger partial charge in [-0.3, -0.25) is 0 Å². The Morgan fingerprint density at radius 3 is 2.52 bits per heavy atom. The van der Waals surface area contributed by atoms with Gasteiger partial charge in [-0.25, -0.2) is 18.4 Å². The molecule has 1 N–H and O–H groups in total. The summed E-state index contributed by atoms with van der Waals surface area (Å²) in [6, 6.07) is 15.8. The third-order valence-electron chi connectivity index (χ3n) is 4.79. The summed E-state index contributed by atoms with van der Waals surface area (Å²) in [5, 5.41) is 8.05. The van der Waals surface area contributed by atoms with Gasteiger partial charge in [0.15, 0.2) is 0 Å². The topological polar surface area (TPSA) is 51.9 Å². The van der Waals surface area contributed by atoms with Crippen molar-refractivity contribution in [3.05, 3.63) is 82.3 Å². The van der Waals surface area contributed by atoms with Crippen LogP contribution in [0.1, 0.15) is 30.1 Å². The van der Waals surface area contributed by atoms with Crippen LogP contribution in [0.25, 0.3) is 5.69 Å². The van der Waals surface area contributed by atoms with Crippen molar-refractivity contribution in [3.63, 3.8) is 0 Å². The molecule has 2 aromatic carbocycles. The number of aromatic nitrogens is 3. The number of hydrogen-bond acceptors (Lipinski definition) is 3. The first-order valence-corrected chi connectivity index (χ1v) is 8.93. The van der Waals surface area contributed by atoms with Gasteiger partial charge in [0, 0.05) is 12.5 Å². The molecule has 1 aliphatic heterocycles. The Morgan fingerprint density at radius 1 is 1.11 bits per heavy atom. The van der Waals surface area contributed by atoms with Crippen LogP contribution in [-0.2, 0) is 6.54 Å². The number of nitrogens with zero attached hydrogens (tertiary/aromatic N) is 3. The predicted octanol–water partition coefficient (Wildman–Crippen LogP) is 3.11. The van der Waals surface area contributed by atoms with Crippen molar-refractivity contribution in [2.45, 2.75) is 25.3 Å². The average molecular weight is 389 g/mol. The van der Waals surface area contributed by atoms with Gasteiger partial charge >= 0.3 is 5.69 Å². The molecule has 1 aromatic heterocycles. The van der Waals surface area contributed by atoms with E-state index in [1.165, 1.54) is 16.8 Å². The molecule has 0 bridgehead atoms. The Hall–Kier alpha value is -2.44. The minimum absolute atomic E-state index is 0. The summed E-state index contributed by atoms with van der Waals surface area (Å²) < 4.78 is 16.3. The largest absolute Gasteiger partial charge is 0.350 e. The summed E-state index contributed by atoms with van der Waals surface area (Å²) in [5.41, 5.74) is 1.50. The third-order valence-corrected chi connectivity index (χ3v) is 4.79. The first-order valence-electron chi connectivity index (χ1n) is 8.93. The molecule has 0 saturated carbocycles. The second-order valence-corrected chi connectivity index (χ2v) is 6.64. The second kappa shape index (κ2) is 8.50. The Balaban J connectivity index is 0.00000210. The van der Waals surface area contributed by atoms with Crippen molar-refractivity contribution in [2.75, 3.05) is 13.1 Å². The van der Waals surface area contributed by atoms with Crippen LogP contribution >= 0.6 is 12.4 Å². The molecule has 5 nitrogen and oxygen atoms in total. The summed E-state index contributed by atoms with van der Waals surface area (Å²) in [6.45, 7) is 2.15. The van der Waals surface area contributed by atoms with E-state index in [4.69, 9.17) is 0 Å². The molecule has 27 heavy (non-hydrogen) atoms. The summed E-state index contributed by atoms with van der Waals surface area (Å²) in [6.07, 6.45) is 2.07. The molecule has 0 amide bonds. The van der Waals surface area contributed by atoms with Crippen LogP contribution in [0.15, 0.2) is 59.4 Å². The molecule has 1 atom stereocenters. The van der Waals surface area contributed by atoms with E-state index in [1.807, 2.05) is 30.3 Å². The van der Waals surface area contributed by atoms with Crippen molar-refractivity contribution in [1.29, 1.82) is 0 Å². The number of halogens is 2. The van der Waals surface area contributed by atoms with E-state index < -0.39 is 0 Å². The minimum atomic E-state index is -0.287. The first kappa shape index (κ1) is 19.3. The van der Waals surface area contributed by atoms with Crippen molar-refractivity contribution in [2.24, 2.45) is 0 Å². The summed E-state index contributed by atoms with van der Waals surface area (Å²) in [5.74, 6) is 0.700. The third kappa shape index (κ3) is 4.12. The zero-order valence-corrected chi connectivity index (χ0v) is 15.7. The summed E-state index contributed by atoms with van der Waals surface area (Å²) in [4.78, 5) is 13.1. The van der Waals surface area contributed by atoms with Crippen molar-refractivity contribution in [1.82, 2.24) is 19.7 Å². The van der Waals surface area contributed by atoms with E-state index >= 15 is 0 Å². The van der Waals surface area contributed by atoms with Gasteiger partial charge in [-0.1, -0.05) is 30.3 Å². The lowest BCUT2D eigenvalue weighted by molar-refractivity contribution is 0.439. The highest BCUT2D eigenvalue weighted by molar-refractivity contribution is 5.85. The number of benzene rings is 2. The lowest BCUT2D eigenvalue weighted by Gasteiger charge is -2.22. The molecule has 3 aromatic rings. The normalized spacial score (nSPS) is 16.7. The minimum Gasteiger partial charge on any atom is -0.316 e. The van der Waals surface area contributed by atoms with Gasteiger partial charge < -0.3 is 5.32 Å². The van der Waals surface area contributed by atoms with E-state index in [2.05, 4.69) is 10.4 Å². The fraction of sp³-hybridized carbons (Fsp3) is 0.300. The lowest BCUT2D eigenvalue weighted by atomic mass is 9.99. The van der Waals surface area contributed by atoms with E-state index in [0.717, 1.165) is 43.0 Å².